The van der Waals surface area contributed by atoms with Crippen LogP contribution in [0.15, 0.2) is 48.5 Å². The summed E-state index contributed by atoms with van der Waals surface area (Å²) in [6, 6.07) is 13.0. The van der Waals surface area contributed by atoms with Gasteiger partial charge < -0.3 is 29.5 Å². The summed E-state index contributed by atoms with van der Waals surface area (Å²) in [6.45, 7) is 10.6. The Hall–Kier alpha value is -3.33. The van der Waals surface area contributed by atoms with Gasteiger partial charge >= 0.3 is 12.0 Å². The molecule has 8 nitrogen and oxygen atoms in total. The number of urea groups is 1. The number of amides is 2. The van der Waals surface area contributed by atoms with Crippen LogP contribution < -0.4 is 14.8 Å². The molecule has 0 heterocycles. The van der Waals surface area contributed by atoms with Crippen LogP contribution in [0, 0.1) is 11.2 Å². The van der Waals surface area contributed by atoms with Crippen LogP contribution in [-0.2, 0) is 16.0 Å². The summed E-state index contributed by atoms with van der Waals surface area (Å²) < 4.78 is 29.8. The fourth-order valence-electron chi connectivity index (χ4n) is 3.52. The number of ether oxygens (including phenoxy) is 3. The van der Waals surface area contributed by atoms with Gasteiger partial charge in [-0.1, -0.05) is 32.9 Å². The topological polar surface area (TPSA) is 97.3 Å². The third-order valence-electron chi connectivity index (χ3n) is 5.58. The minimum atomic E-state index is -0.987. The predicted octanol–water partition coefficient (Wildman–Crippen LogP) is 5.15. The molecular formula is C29H41FN2O6. The third-order valence-corrected chi connectivity index (χ3v) is 5.58. The first-order valence-corrected chi connectivity index (χ1v) is 13.0. The molecular weight excluding hydrogens is 491 g/mol. The molecule has 9 heteroatoms. The molecule has 0 aliphatic carbocycles. The van der Waals surface area contributed by atoms with E-state index in [-0.39, 0.29) is 23.7 Å². The molecule has 0 aliphatic rings. The van der Waals surface area contributed by atoms with E-state index >= 15 is 0 Å². The molecule has 0 radical (unpaired) electrons. The van der Waals surface area contributed by atoms with E-state index in [1.54, 1.807) is 36.1 Å². The Morgan fingerprint density at radius 3 is 2.13 bits per heavy atom. The van der Waals surface area contributed by atoms with Crippen molar-refractivity contribution in [3.05, 3.63) is 59.9 Å². The molecule has 0 saturated carbocycles. The molecule has 1 unspecified atom stereocenters. The number of benzene rings is 2. The lowest BCUT2D eigenvalue weighted by Gasteiger charge is -2.26. The molecule has 38 heavy (non-hydrogen) atoms. The van der Waals surface area contributed by atoms with Gasteiger partial charge in [-0.2, -0.15) is 0 Å². The molecule has 0 saturated heterocycles. The highest BCUT2D eigenvalue weighted by atomic mass is 19.1. The van der Waals surface area contributed by atoms with Gasteiger partial charge in [0.1, 0.15) is 23.9 Å². The SMILES string of the molecule is CCOC(Cc1ccc(OCCN(CCCCOc2ccc(F)cc2)C(=O)NCC(C)(C)C)cc1)C(=O)O. The van der Waals surface area contributed by atoms with Gasteiger partial charge in [0.2, 0.25) is 0 Å². The van der Waals surface area contributed by atoms with Gasteiger partial charge in [0.05, 0.1) is 13.2 Å². The predicted molar refractivity (Wildman–Crippen MR) is 144 cm³/mol. The molecule has 2 amide bonds. The number of carboxylic acids is 1. The van der Waals surface area contributed by atoms with Crippen molar-refractivity contribution in [2.24, 2.45) is 5.41 Å². The molecule has 0 aliphatic heterocycles. The van der Waals surface area contributed by atoms with Crippen LogP contribution in [0.3, 0.4) is 0 Å². The Bertz CT molecular complexity index is 976. The second-order valence-electron chi connectivity index (χ2n) is 10.2. The minimum Gasteiger partial charge on any atom is -0.494 e. The van der Waals surface area contributed by atoms with E-state index in [0.717, 1.165) is 18.4 Å². The second-order valence-corrected chi connectivity index (χ2v) is 10.2. The summed E-state index contributed by atoms with van der Waals surface area (Å²) in [5.41, 5.74) is 0.800. The standard InChI is InChI=1S/C29H41FN2O6/c1-5-36-26(27(33)34)20-22-8-12-24(13-9-22)38-19-17-32(28(35)31-21-29(2,3)4)16-6-7-18-37-25-14-10-23(30)11-15-25/h8-15,26H,5-7,16-21H2,1-4H3,(H,31,35)(H,33,34). The number of rotatable bonds is 16. The number of carbonyl (C=O) groups is 2. The van der Waals surface area contributed by atoms with Crippen molar-refractivity contribution < 1.29 is 33.3 Å². The van der Waals surface area contributed by atoms with E-state index in [1.807, 2.05) is 12.1 Å². The van der Waals surface area contributed by atoms with Crippen molar-refractivity contribution in [1.29, 1.82) is 0 Å². The maximum absolute atomic E-state index is 13.0. The summed E-state index contributed by atoms with van der Waals surface area (Å²) >= 11 is 0. The van der Waals surface area contributed by atoms with E-state index < -0.39 is 12.1 Å². The van der Waals surface area contributed by atoms with Crippen LogP contribution in [0.2, 0.25) is 0 Å². The van der Waals surface area contributed by atoms with Gasteiger partial charge in [-0.3, -0.25) is 0 Å². The summed E-state index contributed by atoms with van der Waals surface area (Å²) in [5, 5.41) is 12.3. The quantitative estimate of drug-likeness (QED) is 0.290. The van der Waals surface area contributed by atoms with Crippen molar-refractivity contribution in [3.63, 3.8) is 0 Å². The molecule has 0 bridgehead atoms. The summed E-state index contributed by atoms with van der Waals surface area (Å²) in [4.78, 5) is 25.9. The van der Waals surface area contributed by atoms with E-state index in [0.29, 0.717) is 51.0 Å². The summed E-state index contributed by atoms with van der Waals surface area (Å²) in [7, 11) is 0. The molecule has 1 atom stereocenters. The Morgan fingerprint density at radius 1 is 0.947 bits per heavy atom. The first-order valence-electron chi connectivity index (χ1n) is 13.0. The molecule has 2 N–H and O–H groups in total. The lowest BCUT2D eigenvalue weighted by Crippen LogP contribution is -2.45. The van der Waals surface area contributed by atoms with E-state index in [1.165, 1.54) is 12.1 Å². The lowest BCUT2D eigenvalue weighted by molar-refractivity contribution is -0.149. The minimum absolute atomic E-state index is 0.0373. The number of nitrogens with zero attached hydrogens (tertiary/aromatic N) is 1. The number of hydrogen-bond acceptors (Lipinski definition) is 5. The van der Waals surface area contributed by atoms with Gasteiger partial charge in [-0.15, -0.1) is 0 Å². The van der Waals surface area contributed by atoms with E-state index in [9.17, 15) is 19.1 Å². The highest BCUT2D eigenvalue weighted by Gasteiger charge is 2.19. The van der Waals surface area contributed by atoms with Gasteiger partial charge in [-0.25, -0.2) is 14.0 Å². The van der Waals surface area contributed by atoms with E-state index in [4.69, 9.17) is 14.2 Å². The van der Waals surface area contributed by atoms with Crippen LogP contribution in [0.25, 0.3) is 0 Å². The number of carboxylic acid groups (broad SMARTS) is 1. The van der Waals surface area contributed by atoms with Crippen LogP contribution in [0.4, 0.5) is 9.18 Å². The van der Waals surface area contributed by atoms with Crippen LogP contribution >= 0.6 is 0 Å². The average molecular weight is 533 g/mol. The lowest BCUT2D eigenvalue weighted by atomic mass is 9.97. The van der Waals surface area contributed by atoms with Crippen molar-refractivity contribution in [3.8, 4) is 11.5 Å². The Labute approximate surface area is 225 Å². The molecule has 2 aromatic rings. The van der Waals surface area contributed by atoms with Crippen LogP contribution in [0.1, 0.15) is 46.1 Å². The largest absolute Gasteiger partial charge is 0.494 e. The van der Waals surface area contributed by atoms with Crippen LogP contribution in [-0.4, -0.2) is 67.6 Å². The number of carbonyl (C=O) groups excluding carboxylic acids is 1. The third kappa shape index (κ3) is 12.3. The average Bonchev–Trinajstić information content (AvgIpc) is 2.87. The molecule has 210 valence electrons. The maximum atomic E-state index is 13.0. The molecule has 0 fully saturated rings. The molecule has 2 rings (SSSR count). The highest BCUT2D eigenvalue weighted by molar-refractivity contribution is 5.74. The molecule has 2 aromatic carbocycles. The second kappa shape index (κ2) is 15.8. The molecule has 0 aromatic heterocycles. The molecule has 0 spiro atoms. The number of aliphatic carboxylic acids is 1. The summed E-state index contributed by atoms with van der Waals surface area (Å²) in [5.74, 6) is -0.0402. The smallest absolute Gasteiger partial charge is 0.333 e. The Balaban J connectivity index is 1.83. The van der Waals surface area contributed by atoms with Crippen molar-refractivity contribution in [1.82, 2.24) is 10.2 Å². The zero-order valence-electron chi connectivity index (χ0n) is 22.9. The van der Waals surface area contributed by atoms with Crippen molar-refractivity contribution in [2.75, 3.05) is 39.5 Å². The fourth-order valence-corrected chi connectivity index (χ4v) is 3.52. The Kier molecular flexibility index (Phi) is 12.9. The number of nitrogens with one attached hydrogen (secondary N) is 1. The summed E-state index contributed by atoms with van der Waals surface area (Å²) in [6.07, 6.45) is 0.870. The normalized spacial score (nSPS) is 12.0. The number of hydrogen-bond donors (Lipinski definition) is 2. The zero-order valence-corrected chi connectivity index (χ0v) is 22.9. The monoisotopic (exact) mass is 532 g/mol. The fraction of sp³-hybridized carbons (Fsp3) is 0.517. The van der Waals surface area contributed by atoms with Gasteiger partial charge in [0.15, 0.2) is 6.10 Å². The van der Waals surface area contributed by atoms with Gasteiger partial charge in [0.25, 0.3) is 0 Å². The van der Waals surface area contributed by atoms with Crippen molar-refractivity contribution >= 4 is 12.0 Å². The maximum Gasteiger partial charge on any atom is 0.333 e. The van der Waals surface area contributed by atoms with Gasteiger partial charge in [0, 0.05) is 26.1 Å². The highest BCUT2D eigenvalue weighted by Crippen LogP contribution is 2.16. The Morgan fingerprint density at radius 2 is 1.55 bits per heavy atom. The van der Waals surface area contributed by atoms with Crippen molar-refractivity contribution in [2.45, 2.75) is 53.1 Å². The first kappa shape index (κ1) is 30.9. The zero-order chi connectivity index (χ0) is 28.0. The number of unbranched alkanes of at least 4 members (excludes halogenated alkanes) is 1. The first-order chi connectivity index (χ1) is 18.1. The van der Waals surface area contributed by atoms with Gasteiger partial charge in [-0.05, 0) is 67.1 Å². The van der Waals surface area contributed by atoms with E-state index in [2.05, 4.69) is 26.1 Å². The van der Waals surface area contributed by atoms with Crippen LogP contribution in [0.5, 0.6) is 11.5 Å². The number of halogens is 1.